The van der Waals surface area contributed by atoms with Crippen LogP contribution in [-0.2, 0) is 4.79 Å². The minimum Gasteiger partial charge on any atom is -0.480 e. The van der Waals surface area contributed by atoms with E-state index in [0.717, 1.165) is 5.01 Å². The number of non-ortho nitro benzene ring substituents is 1. The van der Waals surface area contributed by atoms with Crippen molar-refractivity contribution >= 4 is 17.3 Å². The molecule has 0 spiro atoms. The first-order valence-electron chi connectivity index (χ1n) is 4.58. The predicted molar refractivity (Wildman–Crippen MR) is 57.9 cm³/mol. The number of nitro groups is 1. The molecule has 90 valence electrons. The van der Waals surface area contributed by atoms with E-state index < -0.39 is 10.9 Å². The van der Waals surface area contributed by atoms with E-state index in [2.05, 4.69) is 10.3 Å². The first-order valence-corrected chi connectivity index (χ1v) is 4.58. The average molecular weight is 238 g/mol. The van der Waals surface area contributed by atoms with Crippen molar-refractivity contribution in [3.63, 3.8) is 0 Å². The van der Waals surface area contributed by atoms with Gasteiger partial charge in [-0.15, -0.1) is 5.11 Å². The molecule has 0 aromatic heterocycles. The summed E-state index contributed by atoms with van der Waals surface area (Å²) in [5.74, 6) is -1.02. The van der Waals surface area contributed by atoms with Crippen LogP contribution in [0.3, 0.4) is 0 Å². The van der Waals surface area contributed by atoms with Crippen LogP contribution in [-0.4, -0.2) is 34.6 Å². The monoisotopic (exact) mass is 238 g/mol. The molecule has 0 fully saturated rings. The average Bonchev–Trinajstić information content (AvgIpc) is 2.26. The Morgan fingerprint density at radius 1 is 1.47 bits per heavy atom. The van der Waals surface area contributed by atoms with Gasteiger partial charge >= 0.3 is 5.97 Å². The van der Waals surface area contributed by atoms with E-state index in [1.165, 1.54) is 31.3 Å². The third-order valence-electron chi connectivity index (χ3n) is 1.74. The molecule has 1 aromatic rings. The summed E-state index contributed by atoms with van der Waals surface area (Å²) < 4.78 is 0. The van der Waals surface area contributed by atoms with Crippen LogP contribution in [0, 0.1) is 10.1 Å². The lowest BCUT2D eigenvalue weighted by Gasteiger charge is -2.06. The summed E-state index contributed by atoms with van der Waals surface area (Å²) in [6.07, 6.45) is 0. The molecule has 0 atom stereocenters. The zero-order valence-corrected chi connectivity index (χ0v) is 8.98. The van der Waals surface area contributed by atoms with E-state index in [-0.39, 0.29) is 12.2 Å². The highest BCUT2D eigenvalue weighted by Crippen LogP contribution is 2.18. The van der Waals surface area contributed by atoms with Gasteiger partial charge < -0.3 is 5.11 Å². The van der Waals surface area contributed by atoms with E-state index >= 15 is 0 Å². The minimum atomic E-state index is -1.02. The van der Waals surface area contributed by atoms with Gasteiger partial charge in [0.05, 0.1) is 10.6 Å². The number of hydrogen-bond donors (Lipinski definition) is 1. The number of benzene rings is 1. The molecule has 0 aliphatic carbocycles. The lowest BCUT2D eigenvalue weighted by Crippen LogP contribution is -2.19. The van der Waals surface area contributed by atoms with Gasteiger partial charge in [-0.25, -0.2) is 0 Å². The van der Waals surface area contributed by atoms with Gasteiger partial charge in [-0.05, 0) is 12.1 Å². The summed E-state index contributed by atoms with van der Waals surface area (Å²) in [6.45, 7) is -0.267. The van der Waals surface area contributed by atoms with Gasteiger partial charge in [0.15, 0.2) is 0 Å². The molecule has 8 heteroatoms. The second-order valence-corrected chi connectivity index (χ2v) is 3.17. The molecule has 1 aromatic carbocycles. The zero-order chi connectivity index (χ0) is 12.8. The van der Waals surface area contributed by atoms with Crippen LogP contribution >= 0.6 is 0 Å². The van der Waals surface area contributed by atoms with Crippen molar-refractivity contribution in [1.82, 2.24) is 5.01 Å². The third-order valence-corrected chi connectivity index (χ3v) is 1.74. The second-order valence-electron chi connectivity index (χ2n) is 3.17. The van der Waals surface area contributed by atoms with E-state index in [4.69, 9.17) is 5.11 Å². The minimum absolute atomic E-state index is 0.0390. The molecule has 0 aliphatic heterocycles. The number of rotatable bonds is 5. The summed E-state index contributed by atoms with van der Waals surface area (Å²) in [7, 11) is 1.46. The maximum absolute atomic E-state index is 10.4. The fraction of sp³-hybridized carbons (Fsp3) is 0.222. The van der Waals surface area contributed by atoms with Gasteiger partial charge in [0.1, 0.15) is 6.54 Å². The summed E-state index contributed by atoms with van der Waals surface area (Å²) in [4.78, 5) is 20.2. The van der Waals surface area contributed by atoms with Crippen molar-refractivity contribution in [2.75, 3.05) is 13.6 Å². The van der Waals surface area contributed by atoms with Crippen LogP contribution in [0.5, 0.6) is 0 Å². The molecule has 0 radical (unpaired) electrons. The topological polar surface area (TPSA) is 108 Å². The highest BCUT2D eigenvalue weighted by molar-refractivity contribution is 5.68. The Kier molecular flexibility index (Phi) is 4.09. The molecule has 0 saturated carbocycles. The first kappa shape index (κ1) is 12.6. The number of hydrogen-bond acceptors (Lipinski definition) is 5. The summed E-state index contributed by atoms with van der Waals surface area (Å²) >= 11 is 0. The van der Waals surface area contributed by atoms with Gasteiger partial charge in [0, 0.05) is 19.2 Å². The van der Waals surface area contributed by atoms with Gasteiger partial charge in [-0.1, -0.05) is 5.22 Å². The quantitative estimate of drug-likeness (QED) is 0.476. The van der Waals surface area contributed by atoms with Crippen molar-refractivity contribution in [2.45, 2.75) is 0 Å². The number of carboxylic acids is 1. The van der Waals surface area contributed by atoms with Crippen LogP contribution in [0.2, 0.25) is 0 Å². The maximum Gasteiger partial charge on any atom is 0.324 e. The Bertz CT molecular complexity index is 443. The SMILES string of the molecule is CN(CC(=O)O)N=Nc1ccc([N+](=O)[O-])cc1. The molecule has 1 N–H and O–H groups in total. The first-order chi connectivity index (χ1) is 7.99. The molecular formula is C9H10N4O4. The van der Waals surface area contributed by atoms with Crippen LogP contribution in [0.15, 0.2) is 34.6 Å². The van der Waals surface area contributed by atoms with E-state index in [9.17, 15) is 14.9 Å². The highest BCUT2D eigenvalue weighted by atomic mass is 16.6. The van der Waals surface area contributed by atoms with E-state index in [1.807, 2.05) is 0 Å². The van der Waals surface area contributed by atoms with E-state index in [1.54, 1.807) is 0 Å². The molecule has 0 saturated heterocycles. The fourth-order valence-electron chi connectivity index (χ4n) is 0.996. The van der Waals surface area contributed by atoms with Crippen LogP contribution in [0.25, 0.3) is 0 Å². The third kappa shape index (κ3) is 4.24. The molecule has 1 rings (SSSR count). The van der Waals surface area contributed by atoms with Gasteiger partial charge in [0.2, 0.25) is 0 Å². The summed E-state index contributed by atoms with van der Waals surface area (Å²) in [6, 6.07) is 5.45. The normalized spacial score (nSPS) is 10.4. The molecular weight excluding hydrogens is 228 g/mol. The maximum atomic E-state index is 10.4. The number of carbonyl (C=O) groups is 1. The Hall–Kier alpha value is -2.51. The second kappa shape index (κ2) is 5.54. The van der Waals surface area contributed by atoms with Crippen molar-refractivity contribution in [3.8, 4) is 0 Å². The number of aliphatic carboxylic acids is 1. The molecule has 8 nitrogen and oxygen atoms in total. The van der Waals surface area contributed by atoms with Crippen molar-refractivity contribution < 1.29 is 14.8 Å². The Labute approximate surface area is 96.3 Å². The highest BCUT2D eigenvalue weighted by Gasteiger charge is 2.04. The largest absolute Gasteiger partial charge is 0.480 e. The van der Waals surface area contributed by atoms with E-state index in [0.29, 0.717) is 5.69 Å². The zero-order valence-electron chi connectivity index (χ0n) is 8.98. The smallest absolute Gasteiger partial charge is 0.324 e. The standard InChI is InChI=1S/C9H10N4O4/c1-12(6-9(14)15)11-10-7-2-4-8(5-3-7)13(16)17/h2-5H,6H2,1H3,(H,14,15). The molecule has 0 aliphatic rings. The van der Waals surface area contributed by atoms with Gasteiger partial charge in [-0.2, -0.15) is 0 Å². The Morgan fingerprint density at radius 3 is 2.53 bits per heavy atom. The van der Waals surface area contributed by atoms with Gasteiger partial charge in [0.25, 0.3) is 5.69 Å². The fourth-order valence-corrected chi connectivity index (χ4v) is 0.996. The van der Waals surface area contributed by atoms with Crippen molar-refractivity contribution in [1.29, 1.82) is 0 Å². The van der Waals surface area contributed by atoms with Crippen LogP contribution < -0.4 is 0 Å². The molecule has 0 unspecified atom stereocenters. The summed E-state index contributed by atoms with van der Waals surface area (Å²) in [5.41, 5.74) is 0.371. The molecule has 0 bridgehead atoms. The lowest BCUT2D eigenvalue weighted by atomic mass is 10.3. The lowest BCUT2D eigenvalue weighted by molar-refractivity contribution is -0.384. The van der Waals surface area contributed by atoms with Crippen molar-refractivity contribution in [2.24, 2.45) is 10.3 Å². The number of nitro benzene ring substituents is 1. The number of carboxylic acid groups (broad SMARTS) is 1. The molecule has 17 heavy (non-hydrogen) atoms. The Morgan fingerprint density at radius 2 is 2.06 bits per heavy atom. The summed E-state index contributed by atoms with van der Waals surface area (Å²) in [5, 5.41) is 27.3. The van der Waals surface area contributed by atoms with Crippen LogP contribution in [0.4, 0.5) is 11.4 Å². The number of nitrogens with zero attached hydrogens (tertiary/aromatic N) is 4. The number of likely N-dealkylation sites (N-methyl/N-ethyl adjacent to an activating group) is 1. The molecule has 0 amide bonds. The molecule has 0 heterocycles. The van der Waals surface area contributed by atoms with Crippen LogP contribution in [0.1, 0.15) is 0 Å². The Balaban J connectivity index is 2.65. The predicted octanol–water partition coefficient (Wildman–Crippen LogP) is 1.61. The van der Waals surface area contributed by atoms with Crippen molar-refractivity contribution in [3.05, 3.63) is 34.4 Å². The van der Waals surface area contributed by atoms with Gasteiger partial charge in [-0.3, -0.25) is 19.9 Å².